The summed E-state index contributed by atoms with van der Waals surface area (Å²) in [6.45, 7) is 5.61. The van der Waals surface area contributed by atoms with Crippen LogP contribution in [0.3, 0.4) is 0 Å². The van der Waals surface area contributed by atoms with E-state index < -0.39 is 18.0 Å². The van der Waals surface area contributed by atoms with Crippen LogP contribution in [0, 0.1) is 0 Å². The molecule has 0 aliphatic carbocycles. The summed E-state index contributed by atoms with van der Waals surface area (Å²) in [6, 6.07) is 6.05. The van der Waals surface area contributed by atoms with Gasteiger partial charge in [0.05, 0.1) is 0 Å². The number of anilines is 1. The van der Waals surface area contributed by atoms with Crippen molar-refractivity contribution in [3.8, 4) is 0 Å². The zero-order chi connectivity index (χ0) is 15.7. The van der Waals surface area contributed by atoms with E-state index in [0.29, 0.717) is 5.69 Å². The fourth-order valence-electron chi connectivity index (χ4n) is 1.85. The molecule has 0 bridgehead atoms. The number of benzene rings is 1. The molecule has 1 aromatic carbocycles. The Bertz CT molecular complexity index is 483. The summed E-state index contributed by atoms with van der Waals surface area (Å²) in [5.41, 5.74) is 1.85. The van der Waals surface area contributed by atoms with Crippen LogP contribution in [0.5, 0.6) is 0 Å². The van der Waals surface area contributed by atoms with Gasteiger partial charge in [0.2, 0.25) is 0 Å². The number of rotatable bonds is 8. The molecule has 114 valence electrons. The summed E-state index contributed by atoms with van der Waals surface area (Å²) in [4.78, 5) is 22.7. The second kappa shape index (κ2) is 8.79. The number of hydrogen-bond acceptors (Lipinski definition) is 2. The molecule has 0 saturated heterocycles. The van der Waals surface area contributed by atoms with Gasteiger partial charge in [-0.15, -0.1) is 6.58 Å². The zero-order valence-corrected chi connectivity index (χ0v) is 12.3. The van der Waals surface area contributed by atoms with Crippen LogP contribution in [-0.4, -0.2) is 23.1 Å². The molecule has 0 aromatic heterocycles. The highest BCUT2D eigenvalue weighted by Crippen LogP contribution is 2.11. The maximum Gasteiger partial charge on any atom is 0.326 e. The number of carbonyl (C=O) groups is 2. The first-order valence-electron chi connectivity index (χ1n) is 7.07. The molecule has 0 aliphatic rings. The van der Waals surface area contributed by atoms with Crippen molar-refractivity contribution in [1.29, 1.82) is 0 Å². The summed E-state index contributed by atoms with van der Waals surface area (Å²) < 4.78 is 0. The van der Waals surface area contributed by atoms with E-state index in [9.17, 15) is 9.59 Å². The van der Waals surface area contributed by atoms with Crippen molar-refractivity contribution < 1.29 is 14.7 Å². The third-order valence-corrected chi connectivity index (χ3v) is 3.04. The molecule has 5 heteroatoms. The number of carbonyl (C=O) groups excluding carboxylic acids is 1. The Morgan fingerprint density at radius 1 is 1.33 bits per heavy atom. The molecular formula is C16H22N2O3. The lowest BCUT2D eigenvalue weighted by Crippen LogP contribution is -2.42. The van der Waals surface area contributed by atoms with Gasteiger partial charge in [-0.2, -0.15) is 0 Å². The normalized spacial score (nSPS) is 11.5. The van der Waals surface area contributed by atoms with Crippen molar-refractivity contribution in [1.82, 2.24) is 5.32 Å². The molecule has 0 radical (unpaired) electrons. The largest absolute Gasteiger partial charge is 0.480 e. The Morgan fingerprint density at radius 3 is 2.52 bits per heavy atom. The smallest absolute Gasteiger partial charge is 0.326 e. The number of nitrogens with one attached hydrogen (secondary N) is 2. The van der Waals surface area contributed by atoms with Crippen LogP contribution in [0.2, 0.25) is 0 Å². The number of aryl methyl sites for hydroxylation is 1. The Balaban J connectivity index is 2.53. The lowest BCUT2D eigenvalue weighted by molar-refractivity contribution is -0.139. The van der Waals surface area contributed by atoms with Crippen molar-refractivity contribution in [3.63, 3.8) is 0 Å². The van der Waals surface area contributed by atoms with Crippen LogP contribution in [-0.2, 0) is 11.2 Å². The standard InChI is InChI=1S/C16H22N2O3/c1-3-5-7-12-8-10-13(11-9-12)17-16(21)18-14(6-4-2)15(19)20/h4,8-11,14H,2-3,5-7H2,1H3,(H,19,20)(H2,17,18,21). The number of unbranched alkanes of at least 4 members (excludes halogenated alkanes) is 1. The number of carboxylic acids is 1. The van der Waals surface area contributed by atoms with E-state index in [-0.39, 0.29) is 6.42 Å². The van der Waals surface area contributed by atoms with E-state index in [1.807, 2.05) is 24.3 Å². The van der Waals surface area contributed by atoms with Gasteiger partial charge in [0, 0.05) is 5.69 Å². The number of carboxylic acid groups (broad SMARTS) is 1. The molecule has 0 fully saturated rings. The molecule has 2 amide bonds. The predicted molar refractivity (Wildman–Crippen MR) is 83.4 cm³/mol. The zero-order valence-electron chi connectivity index (χ0n) is 12.3. The second-order valence-corrected chi connectivity index (χ2v) is 4.81. The number of amides is 2. The van der Waals surface area contributed by atoms with Crippen molar-refractivity contribution in [2.75, 3.05) is 5.32 Å². The lowest BCUT2D eigenvalue weighted by atomic mass is 10.1. The summed E-state index contributed by atoms with van der Waals surface area (Å²) in [7, 11) is 0. The van der Waals surface area contributed by atoms with Crippen molar-refractivity contribution >= 4 is 17.7 Å². The van der Waals surface area contributed by atoms with Crippen LogP contribution in [0.25, 0.3) is 0 Å². The van der Waals surface area contributed by atoms with E-state index in [1.54, 1.807) is 0 Å². The molecule has 3 N–H and O–H groups in total. The molecular weight excluding hydrogens is 268 g/mol. The van der Waals surface area contributed by atoms with Gasteiger partial charge in [-0.1, -0.05) is 31.6 Å². The fraction of sp³-hybridized carbons (Fsp3) is 0.375. The minimum absolute atomic E-state index is 0.179. The predicted octanol–water partition coefficient (Wildman–Crippen LogP) is 3.18. The van der Waals surface area contributed by atoms with Gasteiger partial charge in [-0.25, -0.2) is 9.59 Å². The average Bonchev–Trinajstić information content (AvgIpc) is 2.46. The van der Waals surface area contributed by atoms with Gasteiger partial charge in [0.15, 0.2) is 0 Å². The highest BCUT2D eigenvalue weighted by Gasteiger charge is 2.17. The topological polar surface area (TPSA) is 78.4 Å². The summed E-state index contributed by atoms with van der Waals surface area (Å²) >= 11 is 0. The number of urea groups is 1. The van der Waals surface area contributed by atoms with Crippen molar-refractivity contribution in [2.45, 2.75) is 38.6 Å². The molecule has 1 unspecified atom stereocenters. The van der Waals surface area contributed by atoms with E-state index >= 15 is 0 Å². The van der Waals surface area contributed by atoms with Gasteiger partial charge in [0.1, 0.15) is 6.04 Å². The van der Waals surface area contributed by atoms with E-state index in [2.05, 4.69) is 24.1 Å². The van der Waals surface area contributed by atoms with E-state index in [1.165, 1.54) is 11.6 Å². The molecule has 1 atom stereocenters. The molecule has 0 heterocycles. The molecule has 0 saturated carbocycles. The molecule has 1 rings (SSSR count). The van der Waals surface area contributed by atoms with Gasteiger partial charge in [-0.3, -0.25) is 0 Å². The SMILES string of the molecule is C=CCC(NC(=O)Nc1ccc(CCCC)cc1)C(=O)O. The van der Waals surface area contributed by atoms with Gasteiger partial charge >= 0.3 is 12.0 Å². The van der Waals surface area contributed by atoms with Crippen LogP contribution in [0.15, 0.2) is 36.9 Å². The van der Waals surface area contributed by atoms with Gasteiger partial charge in [-0.05, 0) is 37.0 Å². The maximum atomic E-state index is 11.7. The first kappa shape index (κ1) is 16.8. The first-order valence-corrected chi connectivity index (χ1v) is 7.07. The highest BCUT2D eigenvalue weighted by molar-refractivity contribution is 5.92. The molecule has 1 aromatic rings. The van der Waals surface area contributed by atoms with Crippen LogP contribution in [0.1, 0.15) is 31.7 Å². The third kappa shape index (κ3) is 6.12. The molecule has 5 nitrogen and oxygen atoms in total. The fourth-order valence-corrected chi connectivity index (χ4v) is 1.85. The highest BCUT2D eigenvalue weighted by atomic mass is 16.4. The summed E-state index contributed by atoms with van der Waals surface area (Å²) in [5, 5.41) is 14.0. The summed E-state index contributed by atoms with van der Waals surface area (Å²) in [5.74, 6) is -1.08. The maximum absolute atomic E-state index is 11.7. The monoisotopic (exact) mass is 290 g/mol. The Hall–Kier alpha value is -2.30. The van der Waals surface area contributed by atoms with Gasteiger partial charge < -0.3 is 15.7 Å². The number of aliphatic carboxylic acids is 1. The van der Waals surface area contributed by atoms with Crippen LogP contribution < -0.4 is 10.6 Å². The molecule has 0 spiro atoms. The third-order valence-electron chi connectivity index (χ3n) is 3.04. The first-order chi connectivity index (χ1) is 10.1. The quantitative estimate of drug-likeness (QED) is 0.643. The Morgan fingerprint density at radius 2 is 2.00 bits per heavy atom. The minimum atomic E-state index is -1.08. The van der Waals surface area contributed by atoms with Crippen molar-refractivity contribution in [2.24, 2.45) is 0 Å². The van der Waals surface area contributed by atoms with Crippen molar-refractivity contribution in [3.05, 3.63) is 42.5 Å². The van der Waals surface area contributed by atoms with Crippen LogP contribution in [0.4, 0.5) is 10.5 Å². The summed E-state index contributed by atoms with van der Waals surface area (Å²) in [6.07, 6.45) is 4.93. The second-order valence-electron chi connectivity index (χ2n) is 4.81. The minimum Gasteiger partial charge on any atom is -0.480 e. The van der Waals surface area contributed by atoms with Crippen LogP contribution >= 0.6 is 0 Å². The Labute approximate surface area is 125 Å². The van der Waals surface area contributed by atoms with E-state index in [0.717, 1.165) is 19.3 Å². The van der Waals surface area contributed by atoms with E-state index in [4.69, 9.17) is 5.11 Å². The lowest BCUT2D eigenvalue weighted by Gasteiger charge is -2.13. The Kier molecular flexibility index (Phi) is 7.01. The molecule has 21 heavy (non-hydrogen) atoms. The average molecular weight is 290 g/mol. The van der Waals surface area contributed by atoms with Gasteiger partial charge in [0.25, 0.3) is 0 Å². The molecule has 0 aliphatic heterocycles. The number of hydrogen-bond donors (Lipinski definition) is 3.